The summed E-state index contributed by atoms with van der Waals surface area (Å²) in [6.07, 6.45) is 0. The zero-order valence-corrected chi connectivity index (χ0v) is 11.8. The molecule has 1 heterocycles. The summed E-state index contributed by atoms with van der Waals surface area (Å²) in [5.74, 6) is -0.217. The Morgan fingerprint density at radius 1 is 1.44 bits per heavy atom. The van der Waals surface area contributed by atoms with Crippen LogP contribution in [0.3, 0.4) is 0 Å². The molecule has 3 heteroatoms. The van der Waals surface area contributed by atoms with Crippen LogP contribution >= 0.6 is 0 Å². The molecule has 16 heavy (non-hydrogen) atoms. The molecule has 0 N–H and O–H groups in total. The van der Waals surface area contributed by atoms with Crippen LogP contribution < -0.4 is 0 Å². The van der Waals surface area contributed by atoms with Crippen molar-refractivity contribution in [1.82, 2.24) is 0 Å². The number of hydrogen-bond donors (Lipinski definition) is 0. The van der Waals surface area contributed by atoms with Gasteiger partial charge in [-0.25, -0.2) is 4.79 Å². The summed E-state index contributed by atoms with van der Waals surface area (Å²) in [6.45, 7) is 14.9. The number of cyclic esters (lactones) is 1. The van der Waals surface area contributed by atoms with Crippen LogP contribution in [0.15, 0.2) is 34.6 Å². The SMILES string of the molecule is C=C(C)C1=C(C)C(=O)OC/C1=C\[Si](C)(C)C. The molecule has 0 bridgehead atoms. The van der Waals surface area contributed by atoms with Crippen LogP contribution in [0.2, 0.25) is 19.6 Å². The van der Waals surface area contributed by atoms with Crippen molar-refractivity contribution in [3.8, 4) is 0 Å². The Kier molecular flexibility index (Phi) is 3.58. The molecule has 88 valence electrons. The summed E-state index contributed by atoms with van der Waals surface area (Å²) >= 11 is 0. The number of esters is 1. The first-order valence-corrected chi connectivity index (χ1v) is 9.06. The van der Waals surface area contributed by atoms with Crippen molar-refractivity contribution in [2.24, 2.45) is 0 Å². The molecule has 1 aliphatic rings. The lowest BCUT2D eigenvalue weighted by Gasteiger charge is -2.23. The molecule has 1 aliphatic heterocycles. The molecule has 0 aromatic carbocycles. The van der Waals surface area contributed by atoms with Gasteiger partial charge in [-0.05, 0) is 25.0 Å². The maximum atomic E-state index is 11.5. The third-order valence-electron chi connectivity index (χ3n) is 2.40. The van der Waals surface area contributed by atoms with Crippen molar-refractivity contribution in [2.75, 3.05) is 6.61 Å². The summed E-state index contributed by atoms with van der Waals surface area (Å²) in [7, 11) is -1.31. The predicted molar refractivity (Wildman–Crippen MR) is 69.9 cm³/mol. The molecular weight excluding hydrogens is 216 g/mol. The van der Waals surface area contributed by atoms with E-state index in [9.17, 15) is 4.79 Å². The molecule has 0 aliphatic carbocycles. The lowest BCUT2D eigenvalue weighted by Crippen LogP contribution is -2.24. The van der Waals surface area contributed by atoms with Gasteiger partial charge in [-0.1, -0.05) is 37.5 Å². The molecule has 1 rings (SSSR count). The van der Waals surface area contributed by atoms with Gasteiger partial charge < -0.3 is 4.74 Å². The Hall–Kier alpha value is -1.09. The molecule has 0 fully saturated rings. The highest BCUT2D eigenvalue weighted by atomic mass is 28.3. The van der Waals surface area contributed by atoms with Crippen molar-refractivity contribution in [1.29, 1.82) is 0 Å². The van der Waals surface area contributed by atoms with Crippen molar-refractivity contribution in [3.63, 3.8) is 0 Å². The van der Waals surface area contributed by atoms with E-state index in [1.54, 1.807) is 0 Å². The normalized spacial score (nSPS) is 20.1. The minimum Gasteiger partial charge on any atom is -0.457 e. The monoisotopic (exact) mass is 236 g/mol. The molecule has 0 aromatic rings. The molecule has 0 spiro atoms. The molecule has 2 nitrogen and oxygen atoms in total. The Morgan fingerprint density at radius 3 is 2.44 bits per heavy atom. The van der Waals surface area contributed by atoms with Crippen LogP contribution in [0, 0.1) is 0 Å². The molecular formula is C13H20O2Si. The average Bonchev–Trinajstić information content (AvgIpc) is 2.08. The summed E-state index contributed by atoms with van der Waals surface area (Å²) in [6, 6.07) is 0. The molecule has 0 saturated heterocycles. The third kappa shape index (κ3) is 2.95. The second-order valence-electron chi connectivity index (χ2n) is 5.39. The van der Waals surface area contributed by atoms with Gasteiger partial charge in [-0.15, -0.1) is 0 Å². The standard InChI is InChI=1S/C13H20O2Si/c1-9(2)12-10(3)13(14)15-7-11(12)8-16(4,5)6/h8H,1,7H2,2-6H3/b11-8+. The van der Waals surface area contributed by atoms with E-state index in [0.29, 0.717) is 12.2 Å². The largest absolute Gasteiger partial charge is 0.457 e. The zero-order valence-electron chi connectivity index (χ0n) is 10.8. The minimum absolute atomic E-state index is 0.217. The Bertz CT molecular complexity index is 395. The van der Waals surface area contributed by atoms with Crippen LogP contribution in [0.5, 0.6) is 0 Å². The molecule has 0 unspecified atom stereocenters. The summed E-state index contributed by atoms with van der Waals surface area (Å²) in [5.41, 5.74) is 6.04. The number of ether oxygens (including phenoxy) is 1. The first-order chi connectivity index (χ1) is 7.22. The van der Waals surface area contributed by atoms with E-state index in [1.165, 1.54) is 0 Å². The summed E-state index contributed by atoms with van der Waals surface area (Å²) < 4.78 is 5.15. The van der Waals surface area contributed by atoms with Crippen LogP contribution in [-0.2, 0) is 9.53 Å². The number of carbonyl (C=O) groups excluding carboxylic acids is 1. The van der Waals surface area contributed by atoms with E-state index >= 15 is 0 Å². The maximum Gasteiger partial charge on any atom is 0.334 e. The van der Waals surface area contributed by atoms with Crippen LogP contribution in [0.25, 0.3) is 0 Å². The van der Waals surface area contributed by atoms with E-state index in [2.05, 4.69) is 31.9 Å². The van der Waals surface area contributed by atoms with Gasteiger partial charge in [0.2, 0.25) is 0 Å². The Balaban J connectivity index is 3.28. The minimum atomic E-state index is -1.31. The highest BCUT2D eigenvalue weighted by Crippen LogP contribution is 2.28. The van der Waals surface area contributed by atoms with Crippen molar-refractivity contribution < 1.29 is 9.53 Å². The van der Waals surface area contributed by atoms with Gasteiger partial charge in [0.1, 0.15) is 6.61 Å². The van der Waals surface area contributed by atoms with E-state index < -0.39 is 8.07 Å². The fraction of sp³-hybridized carbons (Fsp3) is 0.462. The summed E-state index contributed by atoms with van der Waals surface area (Å²) in [5, 5.41) is 0. The van der Waals surface area contributed by atoms with Gasteiger partial charge in [0.05, 0.1) is 8.07 Å². The maximum absolute atomic E-state index is 11.5. The van der Waals surface area contributed by atoms with Gasteiger partial charge >= 0.3 is 5.97 Å². The molecule has 0 aromatic heterocycles. The Labute approximate surface area is 98.7 Å². The smallest absolute Gasteiger partial charge is 0.334 e. The second-order valence-corrected chi connectivity index (χ2v) is 10.4. The van der Waals surface area contributed by atoms with E-state index in [-0.39, 0.29) is 5.97 Å². The fourth-order valence-electron chi connectivity index (χ4n) is 1.90. The zero-order chi connectivity index (χ0) is 12.5. The number of hydrogen-bond acceptors (Lipinski definition) is 2. The predicted octanol–water partition coefficient (Wildman–Crippen LogP) is 3.24. The van der Waals surface area contributed by atoms with Gasteiger partial charge in [0.15, 0.2) is 0 Å². The van der Waals surface area contributed by atoms with Gasteiger partial charge in [-0.3, -0.25) is 0 Å². The first-order valence-electron chi connectivity index (χ1n) is 5.48. The van der Waals surface area contributed by atoms with Crippen molar-refractivity contribution in [2.45, 2.75) is 33.5 Å². The molecule has 0 atom stereocenters. The number of carbonyl (C=O) groups is 1. The second kappa shape index (κ2) is 4.42. The highest BCUT2D eigenvalue weighted by Gasteiger charge is 2.24. The summed E-state index contributed by atoms with van der Waals surface area (Å²) in [4.78, 5) is 11.5. The first kappa shape index (κ1) is 13.0. The molecule has 0 saturated carbocycles. The van der Waals surface area contributed by atoms with E-state index in [4.69, 9.17) is 4.74 Å². The highest BCUT2D eigenvalue weighted by molar-refractivity contribution is 6.81. The van der Waals surface area contributed by atoms with Crippen LogP contribution in [-0.4, -0.2) is 20.7 Å². The Morgan fingerprint density at radius 2 is 2.00 bits per heavy atom. The number of allylic oxidation sites excluding steroid dienone is 1. The fourth-order valence-corrected chi connectivity index (χ4v) is 3.17. The quantitative estimate of drug-likeness (QED) is 0.543. The van der Waals surface area contributed by atoms with Gasteiger partial charge in [0.25, 0.3) is 0 Å². The van der Waals surface area contributed by atoms with Crippen molar-refractivity contribution in [3.05, 3.63) is 34.6 Å². The van der Waals surface area contributed by atoms with Gasteiger partial charge in [0, 0.05) is 5.57 Å². The lowest BCUT2D eigenvalue weighted by atomic mass is 9.95. The lowest BCUT2D eigenvalue weighted by molar-refractivity contribution is -0.138. The van der Waals surface area contributed by atoms with E-state index in [0.717, 1.165) is 16.7 Å². The van der Waals surface area contributed by atoms with E-state index in [1.807, 2.05) is 13.8 Å². The third-order valence-corrected chi connectivity index (χ3v) is 3.61. The van der Waals surface area contributed by atoms with Crippen LogP contribution in [0.4, 0.5) is 0 Å². The van der Waals surface area contributed by atoms with Gasteiger partial charge in [-0.2, -0.15) is 0 Å². The van der Waals surface area contributed by atoms with Crippen molar-refractivity contribution >= 4 is 14.0 Å². The molecule has 0 amide bonds. The molecule has 0 radical (unpaired) electrons. The number of rotatable bonds is 2. The topological polar surface area (TPSA) is 26.3 Å². The van der Waals surface area contributed by atoms with Crippen LogP contribution in [0.1, 0.15) is 13.8 Å². The average molecular weight is 236 g/mol.